The van der Waals surface area contributed by atoms with Crippen LogP contribution in [-0.2, 0) is 4.74 Å². The summed E-state index contributed by atoms with van der Waals surface area (Å²) in [7, 11) is 0. The van der Waals surface area contributed by atoms with E-state index in [-0.39, 0.29) is 11.9 Å². The van der Waals surface area contributed by atoms with Gasteiger partial charge in [0.05, 0.1) is 0 Å². The molecule has 0 radical (unpaired) electrons. The molecule has 2 aromatic rings. The molecule has 0 N–H and O–H groups in total. The minimum Gasteiger partial charge on any atom is -0.482 e. The van der Waals surface area contributed by atoms with Gasteiger partial charge in [-0.3, -0.25) is 4.79 Å². The van der Waals surface area contributed by atoms with Crippen molar-refractivity contribution in [2.45, 2.75) is 18.9 Å². The van der Waals surface area contributed by atoms with Crippen LogP contribution in [0.25, 0.3) is 5.76 Å². The van der Waals surface area contributed by atoms with Crippen LogP contribution in [0.5, 0.6) is 0 Å². The number of ketones is 1. The van der Waals surface area contributed by atoms with Gasteiger partial charge in [-0.15, -0.1) is 0 Å². The van der Waals surface area contributed by atoms with Gasteiger partial charge in [0.1, 0.15) is 5.76 Å². The molecular weight excluding hydrogens is 248 g/mol. The first kappa shape index (κ1) is 12.7. The second kappa shape index (κ2) is 5.74. The van der Waals surface area contributed by atoms with Gasteiger partial charge in [0.2, 0.25) is 5.78 Å². The quantitative estimate of drug-likeness (QED) is 0.780. The van der Waals surface area contributed by atoms with Crippen LogP contribution in [0.2, 0.25) is 0 Å². The molecule has 1 aliphatic heterocycles. The molecule has 3 rings (SSSR count). The number of benzene rings is 2. The Bertz CT molecular complexity index is 614. The zero-order chi connectivity index (χ0) is 13.8. The molecule has 0 saturated heterocycles. The number of rotatable bonds is 3. The van der Waals surface area contributed by atoms with Crippen molar-refractivity contribution in [3.8, 4) is 0 Å². The van der Waals surface area contributed by atoms with Gasteiger partial charge in [-0.2, -0.15) is 0 Å². The molecule has 0 spiro atoms. The Labute approximate surface area is 118 Å². The second-order valence-corrected chi connectivity index (χ2v) is 4.85. The largest absolute Gasteiger partial charge is 0.482 e. The van der Waals surface area contributed by atoms with Crippen LogP contribution in [-0.4, -0.2) is 11.9 Å². The molecule has 0 amide bonds. The normalized spacial score (nSPS) is 18.0. The highest BCUT2D eigenvalue weighted by Gasteiger charge is 2.25. The highest BCUT2D eigenvalue weighted by Crippen LogP contribution is 2.26. The lowest BCUT2D eigenvalue weighted by molar-refractivity contribution is 0.0708. The van der Waals surface area contributed by atoms with E-state index in [1.165, 1.54) is 0 Å². The van der Waals surface area contributed by atoms with Gasteiger partial charge in [-0.1, -0.05) is 60.7 Å². The first-order valence-electron chi connectivity index (χ1n) is 6.86. The Morgan fingerprint density at radius 1 is 0.950 bits per heavy atom. The number of ether oxygens (including phenoxy) is 1. The van der Waals surface area contributed by atoms with E-state index in [2.05, 4.69) is 6.08 Å². The summed E-state index contributed by atoms with van der Waals surface area (Å²) < 4.78 is 5.90. The third-order valence-electron chi connectivity index (χ3n) is 3.44. The van der Waals surface area contributed by atoms with Crippen molar-refractivity contribution in [2.24, 2.45) is 0 Å². The lowest BCUT2D eigenvalue weighted by Crippen LogP contribution is -2.26. The van der Waals surface area contributed by atoms with Gasteiger partial charge in [-0.25, -0.2) is 0 Å². The molecule has 1 heterocycles. The van der Waals surface area contributed by atoms with Gasteiger partial charge in [0.25, 0.3) is 0 Å². The first-order valence-corrected chi connectivity index (χ1v) is 6.86. The van der Waals surface area contributed by atoms with E-state index in [1.54, 1.807) is 0 Å². The Morgan fingerprint density at radius 3 is 2.30 bits per heavy atom. The van der Waals surface area contributed by atoms with E-state index >= 15 is 0 Å². The van der Waals surface area contributed by atoms with Crippen molar-refractivity contribution in [2.75, 3.05) is 0 Å². The molecule has 2 aromatic carbocycles. The summed E-state index contributed by atoms with van der Waals surface area (Å²) in [6.07, 6.45) is 3.29. The number of Topliss-reactive ketones (excluding diaryl/α,β-unsaturated/α-hetero) is 1. The molecule has 0 saturated carbocycles. The number of allylic oxidation sites excluding steroid dienone is 1. The van der Waals surface area contributed by atoms with Gasteiger partial charge >= 0.3 is 0 Å². The average molecular weight is 264 g/mol. The Balaban J connectivity index is 1.78. The van der Waals surface area contributed by atoms with Crippen LogP contribution in [0.4, 0.5) is 0 Å². The fraction of sp³-hybridized carbons (Fsp3) is 0.167. The van der Waals surface area contributed by atoms with Crippen LogP contribution in [0.3, 0.4) is 0 Å². The summed E-state index contributed by atoms with van der Waals surface area (Å²) >= 11 is 0. The Kier molecular flexibility index (Phi) is 3.64. The van der Waals surface area contributed by atoms with E-state index in [0.29, 0.717) is 5.56 Å². The predicted octanol–water partition coefficient (Wildman–Crippen LogP) is 4.09. The second-order valence-electron chi connectivity index (χ2n) is 4.85. The number of hydrogen-bond donors (Lipinski definition) is 0. The average Bonchev–Trinajstić information content (AvgIpc) is 2.56. The fourth-order valence-corrected chi connectivity index (χ4v) is 2.39. The van der Waals surface area contributed by atoms with Crippen molar-refractivity contribution in [3.05, 3.63) is 77.9 Å². The van der Waals surface area contributed by atoms with Gasteiger partial charge in [0, 0.05) is 11.1 Å². The predicted molar refractivity (Wildman–Crippen MR) is 79.3 cm³/mol. The molecule has 2 heteroatoms. The van der Waals surface area contributed by atoms with Gasteiger partial charge in [-0.05, 0) is 18.9 Å². The maximum Gasteiger partial charge on any atom is 0.203 e. The maximum absolute atomic E-state index is 12.4. The fourth-order valence-electron chi connectivity index (χ4n) is 2.39. The summed E-state index contributed by atoms with van der Waals surface area (Å²) in [5.41, 5.74) is 1.74. The summed E-state index contributed by atoms with van der Waals surface area (Å²) in [5.74, 6) is 0.873. The van der Waals surface area contributed by atoms with E-state index in [9.17, 15) is 4.79 Å². The van der Waals surface area contributed by atoms with Crippen LogP contribution >= 0.6 is 0 Å². The van der Waals surface area contributed by atoms with E-state index in [1.807, 2.05) is 60.7 Å². The van der Waals surface area contributed by atoms with Crippen molar-refractivity contribution in [1.82, 2.24) is 0 Å². The number of carbonyl (C=O) groups excluding carboxylic acids is 1. The minimum absolute atomic E-state index is 0.0622. The highest BCUT2D eigenvalue weighted by atomic mass is 16.5. The highest BCUT2D eigenvalue weighted by molar-refractivity contribution is 6.00. The molecule has 1 atom stereocenters. The third-order valence-corrected chi connectivity index (χ3v) is 3.44. The summed E-state index contributed by atoms with van der Waals surface area (Å²) in [5, 5.41) is 0. The molecule has 0 unspecified atom stereocenters. The monoisotopic (exact) mass is 264 g/mol. The third kappa shape index (κ3) is 2.64. The van der Waals surface area contributed by atoms with Crippen molar-refractivity contribution >= 4 is 11.5 Å². The van der Waals surface area contributed by atoms with E-state index in [0.717, 1.165) is 24.2 Å². The molecule has 0 fully saturated rings. The Hall–Kier alpha value is -2.35. The van der Waals surface area contributed by atoms with E-state index in [4.69, 9.17) is 4.74 Å². The lowest BCUT2D eigenvalue weighted by atomic mass is 9.99. The van der Waals surface area contributed by atoms with Crippen molar-refractivity contribution < 1.29 is 9.53 Å². The molecule has 2 nitrogen and oxygen atoms in total. The van der Waals surface area contributed by atoms with Crippen LogP contribution in [0.15, 0.2) is 66.7 Å². The molecule has 100 valence electrons. The standard InChI is InChI=1S/C18H16O2/c19-18(15-10-5-2-6-11-15)17-13-7-12-16(20-17)14-8-3-1-4-9-14/h1-6,8-12,17H,7,13H2/t17-/m1/s1. The summed E-state index contributed by atoms with van der Waals surface area (Å²) in [6.45, 7) is 0. The SMILES string of the molecule is O=C(c1ccccc1)[C@H]1CCC=C(c2ccccc2)O1. The summed E-state index contributed by atoms with van der Waals surface area (Å²) in [6, 6.07) is 19.3. The first-order chi connectivity index (χ1) is 9.84. The van der Waals surface area contributed by atoms with Crippen molar-refractivity contribution in [3.63, 3.8) is 0 Å². The van der Waals surface area contributed by atoms with Crippen LogP contribution < -0.4 is 0 Å². The zero-order valence-corrected chi connectivity index (χ0v) is 11.2. The van der Waals surface area contributed by atoms with Crippen LogP contribution in [0, 0.1) is 0 Å². The molecule has 20 heavy (non-hydrogen) atoms. The van der Waals surface area contributed by atoms with E-state index < -0.39 is 0 Å². The number of hydrogen-bond acceptors (Lipinski definition) is 2. The van der Waals surface area contributed by atoms with Gasteiger partial charge in [0.15, 0.2) is 6.10 Å². The summed E-state index contributed by atoms with van der Waals surface area (Å²) in [4.78, 5) is 12.4. The zero-order valence-electron chi connectivity index (χ0n) is 11.2. The molecule has 0 bridgehead atoms. The number of carbonyl (C=O) groups is 1. The van der Waals surface area contributed by atoms with Crippen molar-refractivity contribution in [1.29, 1.82) is 0 Å². The Morgan fingerprint density at radius 2 is 1.60 bits per heavy atom. The minimum atomic E-state index is -0.377. The topological polar surface area (TPSA) is 26.3 Å². The molecular formula is C18H16O2. The lowest BCUT2D eigenvalue weighted by Gasteiger charge is -2.24. The molecule has 1 aliphatic rings. The maximum atomic E-state index is 12.4. The van der Waals surface area contributed by atoms with Crippen LogP contribution in [0.1, 0.15) is 28.8 Å². The molecule has 0 aliphatic carbocycles. The molecule has 0 aromatic heterocycles. The smallest absolute Gasteiger partial charge is 0.203 e. The van der Waals surface area contributed by atoms with Gasteiger partial charge < -0.3 is 4.74 Å².